The molecule has 3 aromatic rings. The molecule has 0 atom stereocenters. The lowest BCUT2D eigenvalue weighted by Crippen LogP contribution is -2.27. The molecule has 1 amide bonds. The Kier molecular flexibility index (Phi) is 3.74. The molecule has 0 aliphatic rings. The number of carbonyl (C=O) groups is 1. The Morgan fingerprint density at radius 3 is 2.91 bits per heavy atom. The molecule has 3 rings (SSSR count). The van der Waals surface area contributed by atoms with Gasteiger partial charge < -0.3 is 14.7 Å². The molecule has 6 heteroatoms. The lowest BCUT2D eigenvalue weighted by molar-refractivity contribution is 0.0949. The van der Waals surface area contributed by atoms with E-state index in [1.54, 1.807) is 18.4 Å². The number of pyridine rings is 1. The van der Waals surface area contributed by atoms with Crippen LogP contribution in [0.25, 0.3) is 10.9 Å². The minimum atomic E-state index is -0.570. The molecule has 0 aliphatic carbocycles. The highest BCUT2D eigenvalue weighted by Gasteiger charge is 2.11. The molecule has 0 unspecified atom stereocenters. The van der Waals surface area contributed by atoms with Gasteiger partial charge >= 0.3 is 0 Å². The zero-order valence-corrected chi connectivity index (χ0v) is 11.6. The summed E-state index contributed by atoms with van der Waals surface area (Å²) in [5.41, 5.74) is -0.335. The topological polar surface area (TPSA) is 75.1 Å². The van der Waals surface area contributed by atoms with E-state index >= 15 is 0 Å². The Bertz CT molecular complexity index is 869. The molecule has 5 nitrogen and oxygen atoms in total. The second-order valence-electron chi connectivity index (χ2n) is 4.79. The lowest BCUT2D eigenvalue weighted by Gasteiger charge is -2.06. The molecule has 0 fully saturated rings. The summed E-state index contributed by atoms with van der Waals surface area (Å²) in [7, 11) is 0. The fourth-order valence-electron chi connectivity index (χ4n) is 2.21. The van der Waals surface area contributed by atoms with Crippen molar-refractivity contribution in [2.75, 3.05) is 6.54 Å². The van der Waals surface area contributed by atoms with Crippen LogP contribution in [0.4, 0.5) is 4.39 Å². The Morgan fingerprint density at radius 1 is 1.27 bits per heavy atom. The maximum absolute atomic E-state index is 13.7. The van der Waals surface area contributed by atoms with Crippen molar-refractivity contribution in [2.45, 2.75) is 6.42 Å². The normalized spacial score (nSPS) is 10.8. The van der Waals surface area contributed by atoms with Gasteiger partial charge in [0.25, 0.3) is 5.91 Å². The highest BCUT2D eigenvalue weighted by Crippen LogP contribution is 2.12. The summed E-state index contributed by atoms with van der Waals surface area (Å²) in [5, 5.41) is 2.87. The molecule has 0 saturated carbocycles. The Hall–Kier alpha value is -2.89. The number of hydrogen-bond acceptors (Lipinski definition) is 3. The number of carbonyl (C=O) groups excluding carboxylic acids is 1. The van der Waals surface area contributed by atoms with E-state index in [0.29, 0.717) is 13.0 Å². The monoisotopic (exact) mass is 300 g/mol. The van der Waals surface area contributed by atoms with Gasteiger partial charge in [0.05, 0.1) is 11.8 Å². The molecule has 2 heterocycles. The Labute approximate surface area is 124 Å². The van der Waals surface area contributed by atoms with Crippen LogP contribution in [0.1, 0.15) is 16.2 Å². The van der Waals surface area contributed by atoms with Crippen LogP contribution in [0.15, 0.2) is 51.9 Å². The summed E-state index contributed by atoms with van der Waals surface area (Å²) in [6, 6.07) is 8.94. The number of aromatic amines is 1. The number of furan rings is 1. The van der Waals surface area contributed by atoms with Gasteiger partial charge in [0, 0.05) is 24.4 Å². The molecular formula is C16H13FN2O3. The highest BCUT2D eigenvalue weighted by atomic mass is 19.1. The van der Waals surface area contributed by atoms with Crippen LogP contribution in [-0.4, -0.2) is 17.4 Å². The maximum atomic E-state index is 13.7. The van der Waals surface area contributed by atoms with Gasteiger partial charge in [-0.25, -0.2) is 4.39 Å². The van der Waals surface area contributed by atoms with Gasteiger partial charge in [-0.3, -0.25) is 9.59 Å². The van der Waals surface area contributed by atoms with Crippen molar-refractivity contribution in [3.8, 4) is 0 Å². The standard InChI is InChI=1S/C16H13FN2O3/c17-12-5-1-4-11-14(20)9-13(19-15(11)12)16(21)18-7-6-10-3-2-8-22-10/h1-5,8-9H,6-7H2,(H,18,21)(H,19,20). The number of H-pyrrole nitrogens is 1. The van der Waals surface area contributed by atoms with Gasteiger partial charge in [0.2, 0.25) is 0 Å². The number of halogens is 1. The molecule has 2 aromatic heterocycles. The summed E-state index contributed by atoms with van der Waals surface area (Å²) in [4.78, 5) is 26.7. The van der Waals surface area contributed by atoms with Crippen molar-refractivity contribution in [2.24, 2.45) is 0 Å². The SMILES string of the molecule is O=C(NCCc1ccco1)c1cc(=O)c2cccc(F)c2[nH]1. The van der Waals surface area contributed by atoms with Crippen LogP contribution in [-0.2, 0) is 6.42 Å². The van der Waals surface area contributed by atoms with Crippen LogP contribution in [0, 0.1) is 5.82 Å². The van der Waals surface area contributed by atoms with Crippen LogP contribution in [0.2, 0.25) is 0 Å². The third-order valence-corrected chi connectivity index (χ3v) is 3.30. The number of para-hydroxylation sites is 1. The predicted octanol–water partition coefficient (Wildman–Crippen LogP) is 2.23. The van der Waals surface area contributed by atoms with Crippen molar-refractivity contribution < 1.29 is 13.6 Å². The van der Waals surface area contributed by atoms with E-state index in [4.69, 9.17) is 4.42 Å². The quantitative estimate of drug-likeness (QED) is 0.776. The van der Waals surface area contributed by atoms with Crippen molar-refractivity contribution in [3.63, 3.8) is 0 Å². The fraction of sp³-hybridized carbons (Fsp3) is 0.125. The van der Waals surface area contributed by atoms with Crippen molar-refractivity contribution in [3.05, 3.63) is 70.2 Å². The fourth-order valence-corrected chi connectivity index (χ4v) is 2.21. The summed E-state index contributed by atoms with van der Waals surface area (Å²) >= 11 is 0. The number of rotatable bonds is 4. The first-order valence-electron chi connectivity index (χ1n) is 6.77. The first-order valence-corrected chi connectivity index (χ1v) is 6.77. The van der Waals surface area contributed by atoms with E-state index in [2.05, 4.69) is 10.3 Å². The second kappa shape index (κ2) is 5.85. The molecule has 22 heavy (non-hydrogen) atoms. The Balaban J connectivity index is 1.79. The van der Waals surface area contributed by atoms with Crippen molar-refractivity contribution >= 4 is 16.8 Å². The molecule has 112 valence electrons. The predicted molar refractivity (Wildman–Crippen MR) is 79.3 cm³/mol. The van der Waals surface area contributed by atoms with Crippen LogP contribution < -0.4 is 10.7 Å². The number of benzene rings is 1. The third-order valence-electron chi connectivity index (χ3n) is 3.30. The number of aromatic nitrogens is 1. The summed E-state index contributed by atoms with van der Waals surface area (Å²) in [6.07, 6.45) is 2.09. The largest absolute Gasteiger partial charge is 0.469 e. The summed E-state index contributed by atoms with van der Waals surface area (Å²) in [5.74, 6) is -0.285. The third kappa shape index (κ3) is 2.76. The number of fused-ring (bicyclic) bond motifs is 1. The van der Waals surface area contributed by atoms with Gasteiger partial charge in [-0.1, -0.05) is 6.07 Å². The van der Waals surface area contributed by atoms with Gasteiger partial charge in [-0.05, 0) is 24.3 Å². The molecule has 0 saturated heterocycles. The van der Waals surface area contributed by atoms with Gasteiger partial charge in [0.15, 0.2) is 5.43 Å². The first-order chi connectivity index (χ1) is 10.6. The van der Waals surface area contributed by atoms with E-state index in [-0.39, 0.29) is 16.6 Å². The summed E-state index contributed by atoms with van der Waals surface area (Å²) in [6.45, 7) is 0.351. The Morgan fingerprint density at radius 2 is 2.14 bits per heavy atom. The molecule has 0 radical (unpaired) electrons. The molecular weight excluding hydrogens is 287 g/mol. The number of nitrogens with one attached hydrogen (secondary N) is 2. The molecule has 1 aromatic carbocycles. The second-order valence-corrected chi connectivity index (χ2v) is 4.79. The molecule has 0 spiro atoms. The van der Waals surface area contributed by atoms with E-state index in [0.717, 1.165) is 5.76 Å². The van der Waals surface area contributed by atoms with Gasteiger partial charge in [-0.2, -0.15) is 0 Å². The van der Waals surface area contributed by atoms with E-state index in [1.165, 1.54) is 24.3 Å². The van der Waals surface area contributed by atoms with E-state index in [9.17, 15) is 14.0 Å². The average Bonchev–Trinajstić information content (AvgIpc) is 3.01. The van der Waals surface area contributed by atoms with Crippen molar-refractivity contribution in [1.29, 1.82) is 0 Å². The van der Waals surface area contributed by atoms with Crippen LogP contribution in [0.5, 0.6) is 0 Å². The van der Waals surface area contributed by atoms with Crippen LogP contribution in [0.3, 0.4) is 0 Å². The van der Waals surface area contributed by atoms with E-state index < -0.39 is 17.2 Å². The molecule has 0 aliphatic heterocycles. The highest BCUT2D eigenvalue weighted by molar-refractivity contribution is 5.94. The van der Waals surface area contributed by atoms with Crippen molar-refractivity contribution in [1.82, 2.24) is 10.3 Å². The van der Waals surface area contributed by atoms with E-state index in [1.807, 2.05) is 0 Å². The first kappa shape index (κ1) is 14.1. The molecule has 0 bridgehead atoms. The zero-order valence-electron chi connectivity index (χ0n) is 11.6. The van der Waals surface area contributed by atoms with Gasteiger partial charge in [0.1, 0.15) is 17.3 Å². The zero-order chi connectivity index (χ0) is 15.5. The summed E-state index contributed by atoms with van der Waals surface area (Å²) < 4.78 is 18.9. The van der Waals surface area contributed by atoms with Crippen LogP contribution >= 0.6 is 0 Å². The average molecular weight is 300 g/mol. The van der Waals surface area contributed by atoms with Gasteiger partial charge in [-0.15, -0.1) is 0 Å². The minimum absolute atomic E-state index is 0.0297. The lowest BCUT2D eigenvalue weighted by atomic mass is 10.2. The molecule has 2 N–H and O–H groups in total. The minimum Gasteiger partial charge on any atom is -0.469 e. The smallest absolute Gasteiger partial charge is 0.267 e. The number of amides is 1. The maximum Gasteiger partial charge on any atom is 0.267 e. The number of hydrogen-bond donors (Lipinski definition) is 2.